The summed E-state index contributed by atoms with van der Waals surface area (Å²) in [6.07, 6.45) is 1.65. The Bertz CT molecular complexity index is 880. The van der Waals surface area contributed by atoms with Crippen LogP contribution in [0, 0.1) is 17.3 Å². The zero-order valence-corrected chi connectivity index (χ0v) is 13.7. The highest BCUT2D eigenvalue weighted by molar-refractivity contribution is 6.19. The highest BCUT2D eigenvalue weighted by Crippen LogP contribution is 2.62. The molecule has 1 aliphatic carbocycles. The Balaban J connectivity index is 1.57. The number of nitrogens with one attached hydrogen (secondary N) is 2. The van der Waals surface area contributed by atoms with Crippen LogP contribution in [-0.4, -0.2) is 22.6 Å². The molecule has 0 spiro atoms. The van der Waals surface area contributed by atoms with Crippen LogP contribution < -0.4 is 10.6 Å². The highest BCUT2D eigenvalue weighted by atomic mass is 16.2. The van der Waals surface area contributed by atoms with Crippen LogP contribution in [0.4, 0.5) is 5.69 Å². The first-order valence-electron chi connectivity index (χ1n) is 8.16. The number of fused-ring (bicyclic) bond motifs is 2. The Morgan fingerprint density at radius 3 is 2.72 bits per heavy atom. The van der Waals surface area contributed by atoms with Gasteiger partial charge in [0, 0.05) is 11.8 Å². The average molecular weight is 335 g/mol. The summed E-state index contributed by atoms with van der Waals surface area (Å²) < 4.78 is 0. The largest absolute Gasteiger partial charge is 0.350 e. The number of benzene rings is 1. The van der Waals surface area contributed by atoms with Gasteiger partial charge in [0.1, 0.15) is 0 Å². The number of Topliss-reactive ketones (excluding diaryl/α,β-unsaturated/α-hetero) is 1. The molecule has 1 fully saturated rings. The Hall–Kier alpha value is -3.02. The van der Waals surface area contributed by atoms with Gasteiger partial charge in [0.25, 0.3) is 0 Å². The van der Waals surface area contributed by atoms with Gasteiger partial charge < -0.3 is 10.6 Å². The number of aromatic nitrogens is 1. The molecule has 2 aromatic rings. The van der Waals surface area contributed by atoms with Crippen LogP contribution in [0.15, 0.2) is 48.7 Å². The second kappa shape index (κ2) is 5.51. The number of pyridine rings is 1. The molecule has 6 nitrogen and oxygen atoms in total. The van der Waals surface area contributed by atoms with E-state index in [9.17, 15) is 14.4 Å². The van der Waals surface area contributed by atoms with Crippen LogP contribution in [0.5, 0.6) is 0 Å². The van der Waals surface area contributed by atoms with Crippen LogP contribution >= 0.6 is 0 Å². The molecule has 1 saturated carbocycles. The van der Waals surface area contributed by atoms with E-state index < -0.39 is 17.3 Å². The maximum absolute atomic E-state index is 13.0. The number of amides is 2. The predicted molar refractivity (Wildman–Crippen MR) is 90.6 cm³/mol. The van der Waals surface area contributed by atoms with Gasteiger partial charge in [-0.2, -0.15) is 0 Å². The van der Waals surface area contributed by atoms with Gasteiger partial charge >= 0.3 is 0 Å². The van der Waals surface area contributed by atoms with Crippen molar-refractivity contribution in [1.82, 2.24) is 10.3 Å². The van der Waals surface area contributed by atoms with E-state index in [-0.39, 0.29) is 24.1 Å². The molecule has 0 radical (unpaired) electrons. The number of hydrogen-bond acceptors (Lipinski definition) is 4. The van der Waals surface area contributed by atoms with Crippen LogP contribution in [0.3, 0.4) is 0 Å². The number of carbonyl (C=O) groups excluding carboxylic acids is 3. The third-order valence-corrected chi connectivity index (χ3v) is 5.17. The van der Waals surface area contributed by atoms with Gasteiger partial charge in [-0.15, -0.1) is 0 Å². The maximum atomic E-state index is 13.0. The molecule has 6 heteroatoms. The molecule has 126 valence electrons. The molecule has 3 atom stereocenters. The SMILES string of the molecule is C[C@]12C(=O)c3ccccc3NC(=O)C1[C@H]2C(=O)NCc1ccccn1. The highest BCUT2D eigenvalue weighted by Gasteiger charge is 2.73. The third-order valence-electron chi connectivity index (χ3n) is 5.17. The Kier molecular flexibility index (Phi) is 3.42. The summed E-state index contributed by atoms with van der Waals surface area (Å²) >= 11 is 0. The molecule has 0 saturated heterocycles. The Morgan fingerprint density at radius 2 is 1.96 bits per heavy atom. The maximum Gasteiger partial charge on any atom is 0.229 e. The van der Waals surface area contributed by atoms with Crippen molar-refractivity contribution in [3.8, 4) is 0 Å². The van der Waals surface area contributed by atoms with E-state index in [1.54, 1.807) is 49.5 Å². The van der Waals surface area contributed by atoms with E-state index in [4.69, 9.17) is 0 Å². The lowest BCUT2D eigenvalue weighted by atomic mass is 9.92. The van der Waals surface area contributed by atoms with Crippen molar-refractivity contribution < 1.29 is 14.4 Å². The zero-order valence-electron chi connectivity index (χ0n) is 13.7. The monoisotopic (exact) mass is 335 g/mol. The van der Waals surface area contributed by atoms with Crippen LogP contribution in [0.25, 0.3) is 0 Å². The van der Waals surface area contributed by atoms with Crippen molar-refractivity contribution in [2.75, 3.05) is 5.32 Å². The second-order valence-corrected chi connectivity index (χ2v) is 6.64. The average Bonchev–Trinajstić information content (AvgIpc) is 3.28. The van der Waals surface area contributed by atoms with Crippen molar-refractivity contribution in [1.29, 1.82) is 0 Å². The predicted octanol–water partition coefficient (Wildman–Crippen LogP) is 1.79. The molecule has 4 rings (SSSR count). The number of para-hydroxylation sites is 1. The summed E-state index contributed by atoms with van der Waals surface area (Å²) in [5.74, 6) is -2.03. The first kappa shape index (κ1) is 15.5. The molecular weight excluding hydrogens is 318 g/mol. The molecule has 1 unspecified atom stereocenters. The van der Waals surface area contributed by atoms with E-state index in [1.165, 1.54) is 0 Å². The normalized spacial score (nSPS) is 26.8. The number of hydrogen-bond donors (Lipinski definition) is 2. The lowest BCUT2D eigenvalue weighted by molar-refractivity contribution is -0.125. The summed E-state index contributed by atoms with van der Waals surface area (Å²) in [6.45, 7) is 1.97. The van der Waals surface area contributed by atoms with Gasteiger partial charge in [-0.25, -0.2) is 0 Å². The van der Waals surface area contributed by atoms with Crippen molar-refractivity contribution in [2.24, 2.45) is 17.3 Å². The van der Waals surface area contributed by atoms with Crippen molar-refractivity contribution in [3.63, 3.8) is 0 Å². The fourth-order valence-corrected chi connectivity index (χ4v) is 3.72. The van der Waals surface area contributed by atoms with E-state index in [2.05, 4.69) is 15.6 Å². The van der Waals surface area contributed by atoms with Crippen LogP contribution in [0.2, 0.25) is 0 Å². The summed E-state index contributed by atoms with van der Waals surface area (Å²) in [5, 5.41) is 5.57. The van der Waals surface area contributed by atoms with E-state index in [1.807, 2.05) is 6.07 Å². The topological polar surface area (TPSA) is 88.2 Å². The zero-order chi connectivity index (χ0) is 17.6. The van der Waals surface area contributed by atoms with Gasteiger partial charge in [-0.05, 0) is 24.3 Å². The van der Waals surface area contributed by atoms with Crippen molar-refractivity contribution >= 4 is 23.3 Å². The number of carbonyl (C=O) groups is 3. The summed E-state index contributed by atoms with van der Waals surface area (Å²) in [7, 11) is 0. The summed E-state index contributed by atoms with van der Waals surface area (Å²) in [5.41, 5.74) is 0.702. The lowest BCUT2D eigenvalue weighted by Crippen LogP contribution is -2.29. The van der Waals surface area contributed by atoms with Gasteiger partial charge in [0.2, 0.25) is 11.8 Å². The third kappa shape index (κ3) is 2.33. The fourth-order valence-electron chi connectivity index (χ4n) is 3.72. The van der Waals surface area contributed by atoms with Gasteiger partial charge in [0.15, 0.2) is 5.78 Å². The van der Waals surface area contributed by atoms with Gasteiger partial charge in [-0.3, -0.25) is 19.4 Å². The smallest absolute Gasteiger partial charge is 0.229 e. The van der Waals surface area contributed by atoms with E-state index in [0.29, 0.717) is 11.3 Å². The number of anilines is 1. The fraction of sp³-hybridized carbons (Fsp3) is 0.263. The number of nitrogens with zero attached hydrogens (tertiary/aromatic N) is 1. The second-order valence-electron chi connectivity index (χ2n) is 6.64. The minimum absolute atomic E-state index is 0.163. The molecule has 2 aliphatic rings. The minimum atomic E-state index is -0.995. The van der Waals surface area contributed by atoms with Crippen LogP contribution in [-0.2, 0) is 16.1 Å². The minimum Gasteiger partial charge on any atom is -0.350 e. The molecule has 0 bridgehead atoms. The number of ketones is 1. The Labute approximate surface area is 144 Å². The Morgan fingerprint density at radius 1 is 1.20 bits per heavy atom. The van der Waals surface area contributed by atoms with Gasteiger partial charge in [-0.1, -0.05) is 25.1 Å². The van der Waals surface area contributed by atoms with Gasteiger partial charge in [0.05, 0.1) is 35.2 Å². The molecule has 1 aromatic heterocycles. The molecule has 1 aromatic carbocycles. The molecule has 25 heavy (non-hydrogen) atoms. The van der Waals surface area contributed by atoms with E-state index in [0.717, 1.165) is 5.69 Å². The quantitative estimate of drug-likeness (QED) is 0.895. The standard InChI is InChI=1S/C19H17N3O3/c1-19-14(17(24)21-10-11-6-4-5-9-20-11)15(19)18(25)22-13-8-3-2-7-12(13)16(19)23/h2-9,14-15H,10H2,1H3,(H,21,24)(H,22,25)/t14-,15?,19+/m0/s1. The molecular formula is C19H17N3O3. The number of rotatable bonds is 3. The molecule has 1 aliphatic heterocycles. The molecule has 2 heterocycles. The summed E-state index contributed by atoms with van der Waals surface area (Å²) in [6, 6.07) is 12.4. The van der Waals surface area contributed by atoms with Crippen molar-refractivity contribution in [2.45, 2.75) is 13.5 Å². The van der Waals surface area contributed by atoms with Crippen LogP contribution in [0.1, 0.15) is 23.0 Å². The lowest BCUT2D eigenvalue weighted by Gasteiger charge is -2.12. The molecule has 2 N–H and O–H groups in total. The summed E-state index contributed by atoms with van der Waals surface area (Å²) in [4.78, 5) is 42.2. The van der Waals surface area contributed by atoms with E-state index >= 15 is 0 Å². The first-order valence-corrected chi connectivity index (χ1v) is 8.16. The molecule has 2 amide bonds. The van der Waals surface area contributed by atoms with Crippen molar-refractivity contribution in [3.05, 3.63) is 59.9 Å². The first-order chi connectivity index (χ1) is 12.0.